The van der Waals surface area contributed by atoms with E-state index in [1.54, 1.807) is 33.7 Å². The fraction of sp³-hybridized carbons (Fsp3) is 0.333. The molecule has 5 rings (SSSR count). The number of carbonyl (C=O) groups excluding carboxylic acids is 2. The normalized spacial score (nSPS) is 25.1. The van der Waals surface area contributed by atoms with E-state index in [4.69, 9.17) is 0 Å². The first kappa shape index (κ1) is 17.7. The van der Waals surface area contributed by atoms with E-state index in [2.05, 4.69) is 0 Å². The van der Waals surface area contributed by atoms with Gasteiger partial charge in [-0.2, -0.15) is 0 Å². The number of rotatable bonds is 2. The van der Waals surface area contributed by atoms with Gasteiger partial charge in [0.25, 0.3) is 5.91 Å². The molecule has 3 saturated heterocycles. The number of fused-ring (bicyclic) bond motifs is 1. The van der Waals surface area contributed by atoms with Crippen molar-refractivity contribution < 1.29 is 18.4 Å². The van der Waals surface area contributed by atoms with Crippen molar-refractivity contribution in [3.8, 4) is 0 Å². The number of benzene rings is 2. The maximum atomic E-state index is 13.7. The monoisotopic (exact) mass is 400 g/mol. The molecule has 28 heavy (non-hydrogen) atoms. The van der Waals surface area contributed by atoms with Crippen LogP contribution in [0.15, 0.2) is 48.5 Å². The fourth-order valence-corrected chi connectivity index (χ4v) is 6.29. The third-order valence-corrected chi connectivity index (χ3v) is 7.41. The highest BCUT2D eigenvalue weighted by Gasteiger charge is 2.62. The number of hydrogen-bond acceptors (Lipinski definition) is 3. The Hall–Kier alpha value is -2.41. The van der Waals surface area contributed by atoms with Crippen LogP contribution in [0.4, 0.5) is 8.78 Å². The lowest BCUT2D eigenvalue weighted by Gasteiger charge is -2.46. The van der Waals surface area contributed by atoms with Crippen LogP contribution < -0.4 is 0 Å². The lowest BCUT2D eigenvalue weighted by molar-refractivity contribution is -0.137. The Morgan fingerprint density at radius 3 is 2.39 bits per heavy atom. The molecule has 4 nitrogen and oxygen atoms in total. The molecule has 2 unspecified atom stereocenters. The molecule has 0 radical (unpaired) electrons. The molecule has 0 aliphatic carbocycles. The summed E-state index contributed by atoms with van der Waals surface area (Å²) in [4.78, 5) is 29.3. The van der Waals surface area contributed by atoms with Crippen molar-refractivity contribution in [2.75, 3.05) is 13.1 Å². The smallest absolute Gasteiger partial charge is 0.253 e. The predicted octanol–water partition coefficient (Wildman–Crippen LogP) is 3.60. The van der Waals surface area contributed by atoms with Crippen LogP contribution in [0.25, 0.3) is 0 Å². The summed E-state index contributed by atoms with van der Waals surface area (Å²) in [5.41, 5.74) is 1.11. The number of thioether (sulfide) groups is 1. The molecule has 2 aromatic rings. The van der Waals surface area contributed by atoms with Crippen molar-refractivity contribution in [2.24, 2.45) is 0 Å². The Balaban J connectivity index is 1.34. The van der Waals surface area contributed by atoms with Crippen molar-refractivity contribution in [1.29, 1.82) is 0 Å². The minimum atomic E-state index is -0.629. The van der Waals surface area contributed by atoms with E-state index in [9.17, 15) is 18.4 Å². The Morgan fingerprint density at radius 1 is 1.04 bits per heavy atom. The second-order valence-electron chi connectivity index (χ2n) is 7.60. The van der Waals surface area contributed by atoms with Crippen molar-refractivity contribution >= 4 is 23.6 Å². The van der Waals surface area contributed by atoms with Crippen LogP contribution in [0.1, 0.15) is 34.8 Å². The summed E-state index contributed by atoms with van der Waals surface area (Å²) in [6.45, 7) is 0.753. The second-order valence-corrected chi connectivity index (χ2v) is 9.16. The van der Waals surface area contributed by atoms with Gasteiger partial charge in [0, 0.05) is 24.7 Å². The molecule has 7 heteroatoms. The summed E-state index contributed by atoms with van der Waals surface area (Å²) in [6.07, 6.45) is 1.47. The zero-order valence-electron chi connectivity index (χ0n) is 15.0. The van der Waals surface area contributed by atoms with E-state index >= 15 is 0 Å². The van der Waals surface area contributed by atoms with E-state index in [0.29, 0.717) is 30.6 Å². The number of hydrogen-bond donors (Lipinski definition) is 0. The molecule has 3 aliphatic heterocycles. The molecule has 2 atom stereocenters. The molecular weight excluding hydrogens is 382 g/mol. The Kier molecular flexibility index (Phi) is 3.98. The zero-order valence-corrected chi connectivity index (χ0v) is 15.8. The molecule has 0 N–H and O–H groups in total. The van der Waals surface area contributed by atoms with Gasteiger partial charge in [-0.3, -0.25) is 9.59 Å². The van der Waals surface area contributed by atoms with Crippen molar-refractivity contribution in [3.63, 3.8) is 0 Å². The van der Waals surface area contributed by atoms with Gasteiger partial charge in [-0.15, -0.1) is 11.8 Å². The van der Waals surface area contributed by atoms with E-state index in [1.165, 1.54) is 12.1 Å². The van der Waals surface area contributed by atoms with Gasteiger partial charge in [0.05, 0.1) is 11.4 Å². The molecule has 3 aliphatic rings. The third-order valence-electron chi connectivity index (χ3n) is 5.79. The number of amides is 2. The highest BCUT2D eigenvalue weighted by Crippen LogP contribution is 2.55. The van der Waals surface area contributed by atoms with Crippen LogP contribution in [0.5, 0.6) is 0 Å². The maximum Gasteiger partial charge on any atom is 0.253 e. The lowest BCUT2D eigenvalue weighted by atomic mass is 9.94. The first-order chi connectivity index (χ1) is 13.5. The predicted molar refractivity (Wildman–Crippen MR) is 102 cm³/mol. The van der Waals surface area contributed by atoms with Gasteiger partial charge in [-0.25, -0.2) is 8.78 Å². The molecule has 1 spiro atoms. The molecule has 144 valence electrons. The number of likely N-dealkylation sites (tertiary alicyclic amines) is 1. The van der Waals surface area contributed by atoms with Gasteiger partial charge in [-0.1, -0.05) is 18.2 Å². The molecular formula is C21H18F2N2O2S. The van der Waals surface area contributed by atoms with E-state index < -0.39 is 16.4 Å². The van der Waals surface area contributed by atoms with Gasteiger partial charge in [0.15, 0.2) is 0 Å². The average molecular weight is 400 g/mol. The average Bonchev–Trinajstić information content (AvgIpc) is 3.18. The second kappa shape index (κ2) is 6.30. The largest absolute Gasteiger partial charge is 0.335 e. The van der Waals surface area contributed by atoms with E-state index in [0.717, 1.165) is 12.5 Å². The fourth-order valence-electron chi connectivity index (χ4n) is 4.50. The van der Waals surface area contributed by atoms with E-state index in [-0.39, 0.29) is 23.2 Å². The zero-order chi connectivity index (χ0) is 19.5. The van der Waals surface area contributed by atoms with Crippen molar-refractivity contribution in [3.05, 3.63) is 71.3 Å². The van der Waals surface area contributed by atoms with Gasteiger partial charge < -0.3 is 9.80 Å². The van der Waals surface area contributed by atoms with Crippen LogP contribution in [0, 0.1) is 11.6 Å². The molecule has 3 heterocycles. The van der Waals surface area contributed by atoms with Crippen LogP contribution in [-0.4, -0.2) is 44.8 Å². The van der Waals surface area contributed by atoms with Crippen LogP contribution >= 0.6 is 11.8 Å². The van der Waals surface area contributed by atoms with Crippen molar-refractivity contribution in [2.45, 2.75) is 29.0 Å². The van der Waals surface area contributed by atoms with Gasteiger partial charge in [0.1, 0.15) is 16.4 Å². The summed E-state index contributed by atoms with van der Waals surface area (Å²) in [5, 5.41) is -0.00203. The number of nitrogens with zero attached hydrogens (tertiary/aromatic N) is 2. The molecule has 0 aromatic heterocycles. The molecule has 0 saturated carbocycles. The van der Waals surface area contributed by atoms with Crippen molar-refractivity contribution in [1.82, 2.24) is 9.80 Å². The Labute approximate surface area is 165 Å². The van der Waals surface area contributed by atoms with Crippen LogP contribution in [0.3, 0.4) is 0 Å². The molecule has 0 bridgehead atoms. The quantitative estimate of drug-likeness (QED) is 0.774. The lowest BCUT2D eigenvalue weighted by Crippen LogP contribution is -2.65. The summed E-state index contributed by atoms with van der Waals surface area (Å²) in [6, 6.07) is 12.2. The topological polar surface area (TPSA) is 40.6 Å². The number of halogens is 2. The van der Waals surface area contributed by atoms with E-state index in [1.807, 2.05) is 18.2 Å². The Morgan fingerprint density at radius 2 is 1.71 bits per heavy atom. The standard InChI is InChI=1S/C21H18F2N2O2S/c22-15-8-14(9-16(23)10-15)17-6-7-18-25(17)20(27)21(28-18)11-24(12-21)19(26)13-4-2-1-3-5-13/h1-5,8-10,17-18H,6-7,11-12H2. The highest BCUT2D eigenvalue weighted by molar-refractivity contribution is 8.02. The third kappa shape index (κ3) is 2.64. The summed E-state index contributed by atoms with van der Waals surface area (Å²) >= 11 is 1.60. The van der Waals surface area contributed by atoms with Crippen LogP contribution in [-0.2, 0) is 4.79 Å². The molecule has 2 aromatic carbocycles. The first-order valence-corrected chi connectivity index (χ1v) is 10.2. The summed E-state index contributed by atoms with van der Waals surface area (Å²) in [5.74, 6) is -1.35. The van der Waals surface area contributed by atoms with Gasteiger partial charge in [-0.05, 0) is 42.7 Å². The van der Waals surface area contributed by atoms with Crippen LogP contribution in [0.2, 0.25) is 0 Å². The SMILES string of the molecule is O=C(c1ccccc1)N1CC2(C1)SC1CCC(c3cc(F)cc(F)c3)N1C2=O. The Bertz CT molecular complexity index is 942. The number of carbonyl (C=O) groups is 2. The summed E-state index contributed by atoms with van der Waals surface area (Å²) < 4.78 is 26.7. The minimum absolute atomic E-state index is 0.00203. The first-order valence-electron chi connectivity index (χ1n) is 9.28. The summed E-state index contributed by atoms with van der Waals surface area (Å²) in [7, 11) is 0. The molecule has 2 amide bonds. The molecule has 3 fully saturated rings. The van der Waals surface area contributed by atoms with Gasteiger partial charge >= 0.3 is 0 Å². The highest BCUT2D eigenvalue weighted by atomic mass is 32.2. The van der Waals surface area contributed by atoms with Gasteiger partial charge in [0.2, 0.25) is 5.91 Å². The maximum absolute atomic E-state index is 13.7. The minimum Gasteiger partial charge on any atom is -0.335 e.